The number of hydrogen-bond donors (Lipinski definition) is 2. The van der Waals surface area contributed by atoms with Crippen molar-refractivity contribution in [1.82, 2.24) is 25.3 Å². The topological polar surface area (TPSA) is 86.4 Å². The van der Waals surface area contributed by atoms with Crippen LogP contribution in [0.1, 0.15) is 77.0 Å². The largest absolute Gasteiger partial charge is 0.374 e. The minimum Gasteiger partial charge on any atom is -0.374 e. The Balaban J connectivity index is 1.12. The Morgan fingerprint density at radius 1 is 1.00 bits per heavy atom. The second kappa shape index (κ2) is 13.5. The summed E-state index contributed by atoms with van der Waals surface area (Å²) < 4.78 is 29.8. The fourth-order valence-corrected chi connectivity index (χ4v) is 10.2. The highest BCUT2D eigenvalue weighted by atomic mass is 19.1. The molecule has 45 heavy (non-hydrogen) atoms. The van der Waals surface area contributed by atoms with Gasteiger partial charge in [-0.05, 0) is 117 Å². The molecule has 7 rings (SSSR count). The molecule has 10 heteroatoms. The molecule has 4 heterocycles. The van der Waals surface area contributed by atoms with E-state index in [1.807, 2.05) is 6.20 Å². The maximum Gasteiger partial charge on any atom is 0.256 e. The van der Waals surface area contributed by atoms with Crippen LogP contribution in [0.5, 0.6) is 0 Å². The van der Waals surface area contributed by atoms with E-state index in [0.717, 1.165) is 64.6 Å². The molecule has 12 unspecified atom stereocenters. The van der Waals surface area contributed by atoms with Crippen LogP contribution in [0, 0.1) is 17.8 Å². The van der Waals surface area contributed by atoms with Crippen molar-refractivity contribution < 1.29 is 23.5 Å². The number of unbranched alkanes of at least 4 members (excludes halogenated alkanes) is 1. The molecule has 2 N–H and O–H groups in total. The van der Waals surface area contributed by atoms with Crippen molar-refractivity contribution in [2.75, 3.05) is 47.3 Å². The first-order chi connectivity index (χ1) is 21.8. The number of carbonyl (C=O) groups excluding carboxylic acids is 2. The summed E-state index contributed by atoms with van der Waals surface area (Å²) in [5.41, 5.74) is 0.195. The maximum atomic E-state index is 16.2. The first-order valence-electron chi connectivity index (χ1n) is 18.1. The van der Waals surface area contributed by atoms with Gasteiger partial charge in [-0.3, -0.25) is 9.59 Å². The summed E-state index contributed by atoms with van der Waals surface area (Å²) in [6.07, 6.45) is 12.6. The van der Waals surface area contributed by atoms with Crippen LogP contribution in [0.3, 0.4) is 0 Å². The quantitative estimate of drug-likeness (QED) is 0.282. The molecular formula is C35H56FN5O4. The number of rotatable bonds is 10. The molecular weight excluding hydrogens is 573 g/mol. The fourth-order valence-electron chi connectivity index (χ4n) is 10.2. The van der Waals surface area contributed by atoms with Crippen molar-refractivity contribution in [2.45, 2.75) is 132 Å². The summed E-state index contributed by atoms with van der Waals surface area (Å²) in [6, 6.07) is -0.243. The molecule has 7 aliphatic rings. The Bertz CT molecular complexity index is 1120. The zero-order valence-corrected chi connectivity index (χ0v) is 27.7. The standard InChI is InChI=1S/C35H56FN5O4/c1-39(2)15-7-6-13-37-31-26(36)17-24-32-34(31)45-30-18-23-22-10-4-5-11-28(22)44-29(23)19-27(30)41(32)20-25(33(24)42)35(43)38-14-12-21-9-8-16-40(21)3/h20-24,26-32,34,37H,4-19H2,1-3H3,(H,38,43). The summed E-state index contributed by atoms with van der Waals surface area (Å²) in [5.74, 6) is -0.0644. The number of nitrogens with zero attached hydrogens (tertiary/aromatic N) is 3. The van der Waals surface area contributed by atoms with Crippen molar-refractivity contribution >= 4 is 11.7 Å². The SMILES string of the molecule is CN(C)CCCCNC1C(F)CC2C(=O)C(C(=O)NCCC3CCCN3C)=CN3C4CC5OC6CCCCC6C5CC4OC1C23. The van der Waals surface area contributed by atoms with E-state index in [2.05, 4.69) is 46.5 Å². The molecule has 1 amide bonds. The first-order valence-corrected chi connectivity index (χ1v) is 18.1. The van der Waals surface area contributed by atoms with Crippen LogP contribution in [0.4, 0.5) is 4.39 Å². The molecule has 0 aromatic heterocycles. The van der Waals surface area contributed by atoms with Gasteiger partial charge in [-0.1, -0.05) is 12.8 Å². The van der Waals surface area contributed by atoms with E-state index in [9.17, 15) is 9.59 Å². The van der Waals surface area contributed by atoms with E-state index in [1.165, 1.54) is 25.7 Å². The summed E-state index contributed by atoms with van der Waals surface area (Å²) in [5, 5.41) is 6.61. The third kappa shape index (κ3) is 6.23. The van der Waals surface area contributed by atoms with Crippen molar-refractivity contribution in [3.63, 3.8) is 0 Å². The van der Waals surface area contributed by atoms with Gasteiger partial charge in [0.05, 0.1) is 48.1 Å². The number of fused-ring (bicyclic) bond motifs is 5. The predicted octanol–water partition coefficient (Wildman–Crippen LogP) is 2.89. The number of hydrogen-bond acceptors (Lipinski definition) is 8. The van der Waals surface area contributed by atoms with Crippen molar-refractivity contribution in [3.05, 3.63) is 11.8 Å². The molecule has 3 saturated heterocycles. The molecule has 0 aromatic carbocycles. The fraction of sp³-hybridized carbons (Fsp3) is 0.886. The van der Waals surface area contributed by atoms with Crippen molar-refractivity contribution in [2.24, 2.45) is 17.8 Å². The molecule has 252 valence electrons. The average molecular weight is 630 g/mol. The number of likely N-dealkylation sites (tertiary alicyclic amines) is 1. The lowest BCUT2D eigenvalue weighted by atomic mass is 9.67. The molecule has 12 atom stereocenters. The van der Waals surface area contributed by atoms with Gasteiger partial charge in [-0.15, -0.1) is 0 Å². The normalized spacial score (nSPS) is 42.6. The number of halogens is 1. The number of carbonyl (C=O) groups is 2. The van der Waals surface area contributed by atoms with Gasteiger partial charge in [0.25, 0.3) is 5.91 Å². The van der Waals surface area contributed by atoms with E-state index < -0.39 is 24.2 Å². The summed E-state index contributed by atoms with van der Waals surface area (Å²) in [4.78, 5) is 34.4. The molecule has 9 nitrogen and oxygen atoms in total. The minimum atomic E-state index is -1.21. The van der Waals surface area contributed by atoms with Crippen LogP contribution in [-0.4, -0.2) is 128 Å². The number of amides is 1. The lowest BCUT2D eigenvalue weighted by Gasteiger charge is -2.60. The molecule has 0 spiro atoms. The Hall–Kier alpha value is -1.59. The Morgan fingerprint density at radius 2 is 1.84 bits per heavy atom. The van der Waals surface area contributed by atoms with Crippen molar-refractivity contribution in [1.29, 1.82) is 0 Å². The van der Waals surface area contributed by atoms with Gasteiger partial charge in [0.2, 0.25) is 0 Å². The predicted molar refractivity (Wildman–Crippen MR) is 170 cm³/mol. The van der Waals surface area contributed by atoms with Gasteiger partial charge in [-0.2, -0.15) is 0 Å². The van der Waals surface area contributed by atoms with Gasteiger partial charge in [-0.25, -0.2) is 4.39 Å². The highest BCUT2D eigenvalue weighted by molar-refractivity contribution is 6.20. The molecule has 0 aromatic rings. The van der Waals surface area contributed by atoms with Crippen LogP contribution in [-0.2, 0) is 19.1 Å². The van der Waals surface area contributed by atoms with Gasteiger partial charge in [0.15, 0.2) is 5.78 Å². The van der Waals surface area contributed by atoms with E-state index in [1.54, 1.807) is 0 Å². The summed E-state index contributed by atoms with van der Waals surface area (Å²) in [6.45, 7) is 3.35. The minimum absolute atomic E-state index is 0.0232. The van der Waals surface area contributed by atoms with E-state index in [4.69, 9.17) is 9.47 Å². The zero-order valence-electron chi connectivity index (χ0n) is 27.7. The number of alkyl halides is 1. The number of nitrogens with one attached hydrogen (secondary N) is 2. The number of morpholine rings is 1. The monoisotopic (exact) mass is 629 g/mol. The molecule has 4 aliphatic heterocycles. The second-order valence-corrected chi connectivity index (χ2v) is 15.5. The smallest absolute Gasteiger partial charge is 0.256 e. The van der Waals surface area contributed by atoms with E-state index in [-0.39, 0.29) is 48.0 Å². The summed E-state index contributed by atoms with van der Waals surface area (Å²) in [7, 11) is 6.28. The molecule has 3 aliphatic carbocycles. The zero-order chi connectivity index (χ0) is 31.2. The highest BCUT2D eigenvalue weighted by Gasteiger charge is 2.61. The molecule has 0 bridgehead atoms. The van der Waals surface area contributed by atoms with Crippen LogP contribution in [0.25, 0.3) is 0 Å². The van der Waals surface area contributed by atoms with Gasteiger partial charge < -0.3 is 34.8 Å². The van der Waals surface area contributed by atoms with Crippen molar-refractivity contribution in [3.8, 4) is 0 Å². The maximum absolute atomic E-state index is 16.2. The van der Waals surface area contributed by atoms with Gasteiger partial charge in [0.1, 0.15) is 6.17 Å². The van der Waals surface area contributed by atoms with Crippen LogP contribution in [0.2, 0.25) is 0 Å². The Kier molecular flexibility index (Phi) is 9.59. The van der Waals surface area contributed by atoms with E-state index >= 15 is 4.39 Å². The van der Waals surface area contributed by atoms with Crippen LogP contribution >= 0.6 is 0 Å². The van der Waals surface area contributed by atoms with Crippen LogP contribution in [0.15, 0.2) is 11.8 Å². The molecule has 3 saturated carbocycles. The third-order valence-electron chi connectivity index (χ3n) is 12.5. The van der Waals surface area contributed by atoms with Gasteiger partial charge >= 0.3 is 0 Å². The lowest BCUT2D eigenvalue weighted by Crippen LogP contribution is -2.73. The first kappa shape index (κ1) is 32.0. The third-order valence-corrected chi connectivity index (χ3v) is 12.5. The summed E-state index contributed by atoms with van der Waals surface area (Å²) >= 11 is 0. The molecule has 6 fully saturated rings. The van der Waals surface area contributed by atoms with Crippen LogP contribution < -0.4 is 10.6 Å². The number of ketones is 1. The Labute approximate surface area is 269 Å². The second-order valence-electron chi connectivity index (χ2n) is 15.5. The Morgan fingerprint density at radius 3 is 2.64 bits per heavy atom. The number of ether oxygens (including phenoxy) is 2. The van der Waals surface area contributed by atoms with E-state index in [0.29, 0.717) is 30.5 Å². The highest BCUT2D eigenvalue weighted by Crippen LogP contribution is 2.52. The lowest BCUT2D eigenvalue weighted by molar-refractivity contribution is -0.209. The average Bonchev–Trinajstić information content (AvgIpc) is 3.60. The number of Topliss-reactive ketones (excluding diaryl/α,β-unsaturated/α-hetero) is 1. The molecule has 0 radical (unpaired) electrons. The van der Waals surface area contributed by atoms with Gasteiger partial charge in [0, 0.05) is 24.7 Å².